The maximum absolute atomic E-state index is 13.0. The van der Waals surface area contributed by atoms with Crippen LogP contribution in [-0.4, -0.2) is 37.1 Å². The topological polar surface area (TPSA) is 30.3 Å². The van der Waals surface area contributed by atoms with Crippen LogP contribution in [0.5, 0.6) is 0 Å². The van der Waals surface area contributed by atoms with Crippen molar-refractivity contribution in [1.82, 2.24) is 4.90 Å². The van der Waals surface area contributed by atoms with Crippen molar-refractivity contribution in [3.05, 3.63) is 29.3 Å². The molecular weight excluding hydrogens is 291 g/mol. The smallest absolute Gasteiger partial charge is 0.370 e. The Hall–Kier alpha value is -1.74. The van der Waals surface area contributed by atoms with E-state index in [0.717, 1.165) is 38.7 Å². The van der Waals surface area contributed by atoms with Crippen molar-refractivity contribution >= 4 is 5.69 Å². The van der Waals surface area contributed by atoms with Gasteiger partial charge in [-0.2, -0.15) is 18.4 Å². The summed E-state index contributed by atoms with van der Waals surface area (Å²) in [5.74, 6) is 0. The molecule has 2 heterocycles. The van der Waals surface area contributed by atoms with Crippen LogP contribution in [0.15, 0.2) is 18.2 Å². The minimum absolute atomic E-state index is 0.313. The highest BCUT2D eigenvalue weighted by molar-refractivity contribution is 5.55. The molecule has 0 saturated carbocycles. The Balaban J connectivity index is 1.79. The molecule has 1 atom stereocenters. The van der Waals surface area contributed by atoms with Crippen molar-refractivity contribution in [2.45, 2.75) is 31.5 Å². The number of benzene rings is 1. The van der Waals surface area contributed by atoms with Crippen LogP contribution in [-0.2, 0) is 6.18 Å². The van der Waals surface area contributed by atoms with Gasteiger partial charge in [0, 0.05) is 24.8 Å². The molecule has 2 aliphatic rings. The van der Waals surface area contributed by atoms with Crippen molar-refractivity contribution in [2.75, 3.05) is 31.1 Å². The van der Waals surface area contributed by atoms with Crippen LogP contribution in [0.1, 0.15) is 30.4 Å². The van der Waals surface area contributed by atoms with E-state index in [1.807, 2.05) is 4.90 Å². The van der Waals surface area contributed by atoms with Crippen molar-refractivity contribution in [1.29, 1.82) is 5.26 Å². The first-order valence-corrected chi connectivity index (χ1v) is 7.59. The summed E-state index contributed by atoms with van der Waals surface area (Å²) in [7, 11) is 0. The van der Waals surface area contributed by atoms with E-state index in [4.69, 9.17) is 5.26 Å². The minimum Gasteiger partial charge on any atom is -0.370 e. The molecular formula is C16H18F3N3. The van der Waals surface area contributed by atoms with E-state index in [1.165, 1.54) is 18.9 Å². The van der Waals surface area contributed by atoms with E-state index in [0.29, 0.717) is 11.7 Å². The quantitative estimate of drug-likeness (QED) is 0.840. The average Bonchev–Trinajstić information content (AvgIpc) is 3.16. The highest BCUT2D eigenvalue weighted by Crippen LogP contribution is 2.35. The molecule has 0 N–H and O–H groups in total. The predicted molar refractivity (Wildman–Crippen MR) is 77.6 cm³/mol. The zero-order valence-electron chi connectivity index (χ0n) is 12.2. The van der Waals surface area contributed by atoms with Gasteiger partial charge in [0.2, 0.25) is 0 Å². The molecule has 3 nitrogen and oxygen atoms in total. The van der Waals surface area contributed by atoms with E-state index in [-0.39, 0.29) is 5.56 Å². The first kappa shape index (κ1) is 15.2. The molecule has 1 aromatic carbocycles. The van der Waals surface area contributed by atoms with Gasteiger partial charge < -0.3 is 4.90 Å². The maximum Gasteiger partial charge on any atom is 0.417 e. The zero-order valence-corrected chi connectivity index (χ0v) is 12.2. The predicted octanol–water partition coefficient (Wildman–Crippen LogP) is 3.25. The SMILES string of the molecule is N#Cc1ccc(N2CCC(N3CCCC3)C2)cc1C(F)(F)F. The van der Waals surface area contributed by atoms with Crippen LogP contribution in [0, 0.1) is 11.3 Å². The van der Waals surface area contributed by atoms with Gasteiger partial charge in [-0.05, 0) is 50.6 Å². The Morgan fingerprint density at radius 1 is 1.14 bits per heavy atom. The second kappa shape index (κ2) is 5.81. The Morgan fingerprint density at radius 3 is 2.50 bits per heavy atom. The second-order valence-electron chi connectivity index (χ2n) is 5.97. The highest BCUT2D eigenvalue weighted by Gasteiger charge is 2.35. The lowest BCUT2D eigenvalue weighted by Gasteiger charge is -2.25. The summed E-state index contributed by atoms with van der Waals surface area (Å²) in [6, 6.07) is 6.08. The standard InChI is InChI=1S/C16H18F3N3/c17-16(18,19)15-9-13(4-3-12(15)10-20)22-8-5-14(11-22)21-6-1-2-7-21/h3-4,9,14H,1-2,5-8,11H2. The summed E-state index contributed by atoms with van der Waals surface area (Å²) in [6.07, 6.45) is -1.08. The molecule has 0 aliphatic carbocycles. The van der Waals surface area contributed by atoms with Crippen LogP contribution in [0.4, 0.5) is 18.9 Å². The Labute approximate surface area is 127 Å². The number of nitriles is 1. The summed E-state index contributed by atoms with van der Waals surface area (Å²) in [6.45, 7) is 3.73. The van der Waals surface area contributed by atoms with E-state index in [9.17, 15) is 13.2 Å². The second-order valence-corrected chi connectivity index (χ2v) is 5.97. The lowest BCUT2D eigenvalue weighted by Crippen LogP contribution is -2.35. The fourth-order valence-corrected chi connectivity index (χ4v) is 3.44. The van der Waals surface area contributed by atoms with Crippen molar-refractivity contribution in [3.8, 4) is 6.07 Å². The lowest BCUT2D eigenvalue weighted by molar-refractivity contribution is -0.137. The van der Waals surface area contributed by atoms with E-state index < -0.39 is 11.7 Å². The average molecular weight is 309 g/mol. The molecule has 2 saturated heterocycles. The lowest BCUT2D eigenvalue weighted by atomic mass is 10.1. The molecule has 2 fully saturated rings. The molecule has 2 aliphatic heterocycles. The molecule has 0 spiro atoms. The molecule has 3 rings (SSSR count). The normalized spacial score (nSPS) is 23.0. The minimum atomic E-state index is -4.49. The van der Waals surface area contributed by atoms with E-state index in [1.54, 1.807) is 12.1 Å². The highest BCUT2D eigenvalue weighted by atomic mass is 19.4. The molecule has 1 unspecified atom stereocenters. The molecule has 0 amide bonds. The summed E-state index contributed by atoms with van der Waals surface area (Å²) < 4.78 is 39.1. The summed E-state index contributed by atoms with van der Waals surface area (Å²) >= 11 is 0. The van der Waals surface area contributed by atoms with Crippen LogP contribution >= 0.6 is 0 Å². The van der Waals surface area contributed by atoms with Crippen molar-refractivity contribution in [3.63, 3.8) is 0 Å². The number of likely N-dealkylation sites (tertiary alicyclic amines) is 1. The van der Waals surface area contributed by atoms with Gasteiger partial charge in [0.25, 0.3) is 0 Å². The van der Waals surface area contributed by atoms with Crippen LogP contribution < -0.4 is 4.90 Å². The summed E-state index contributed by atoms with van der Waals surface area (Å²) in [4.78, 5) is 4.44. The van der Waals surface area contributed by atoms with E-state index >= 15 is 0 Å². The first-order chi connectivity index (χ1) is 10.5. The van der Waals surface area contributed by atoms with Gasteiger partial charge >= 0.3 is 6.18 Å². The molecule has 118 valence electrons. The third-order valence-electron chi connectivity index (χ3n) is 4.61. The van der Waals surface area contributed by atoms with Crippen LogP contribution in [0.3, 0.4) is 0 Å². The van der Waals surface area contributed by atoms with Gasteiger partial charge in [0.15, 0.2) is 0 Å². The maximum atomic E-state index is 13.0. The molecule has 0 radical (unpaired) electrons. The van der Waals surface area contributed by atoms with Gasteiger partial charge in [-0.1, -0.05) is 0 Å². The van der Waals surface area contributed by atoms with Crippen molar-refractivity contribution < 1.29 is 13.2 Å². The fraction of sp³-hybridized carbons (Fsp3) is 0.562. The fourth-order valence-electron chi connectivity index (χ4n) is 3.44. The van der Waals surface area contributed by atoms with Crippen LogP contribution in [0.2, 0.25) is 0 Å². The Bertz CT molecular complexity index is 585. The number of hydrogen-bond donors (Lipinski definition) is 0. The third-order valence-corrected chi connectivity index (χ3v) is 4.61. The Morgan fingerprint density at radius 2 is 1.86 bits per heavy atom. The van der Waals surface area contributed by atoms with Gasteiger partial charge in [0.05, 0.1) is 17.2 Å². The summed E-state index contributed by atoms with van der Waals surface area (Å²) in [5, 5.41) is 8.85. The monoisotopic (exact) mass is 309 g/mol. The van der Waals surface area contributed by atoms with Crippen molar-refractivity contribution in [2.24, 2.45) is 0 Å². The van der Waals surface area contributed by atoms with Gasteiger partial charge in [-0.3, -0.25) is 4.90 Å². The Kier molecular flexibility index (Phi) is 4.00. The summed E-state index contributed by atoms with van der Waals surface area (Å²) in [5.41, 5.74) is -0.586. The number of alkyl halides is 3. The molecule has 6 heteroatoms. The number of halogens is 3. The van der Waals surface area contributed by atoms with Gasteiger partial charge in [-0.15, -0.1) is 0 Å². The zero-order chi connectivity index (χ0) is 15.7. The van der Waals surface area contributed by atoms with E-state index in [2.05, 4.69) is 4.90 Å². The number of anilines is 1. The molecule has 0 bridgehead atoms. The molecule has 1 aromatic rings. The first-order valence-electron chi connectivity index (χ1n) is 7.59. The third kappa shape index (κ3) is 2.91. The van der Waals surface area contributed by atoms with Gasteiger partial charge in [-0.25, -0.2) is 0 Å². The number of nitrogens with zero attached hydrogens (tertiary/aromatic N) is 3. The van der Waals surface area contributed by atoms with Gasteiger partial charge in [0.1, 0.15) is 0 Å². The molecule has 0 aromatic heterocycles. The molecule has 22 heavy (non-hydrogen) atoms. The number of hydrogen-bond acceptors (Lipinski definition) is 3. The van der Waals surface area contributed by atoms with Crippen LogP contribution in [0.25, 0.3) is 0 Å². The number of rotatable bonds is 2. The largest absolute Gasteiger partial charge is 0.417 e.